The lowest BCUT2D eigenvalue weighted by Crippen LogP contribution is -2.21. The lowest BCUT2D eigenvalue weighted by Gasteiger charge is -2.17. The number of hydrogen-bond donors (Lipinski definition) is 2. The van der Waals surface area contributed by atoms with E-state index in [2.05, 4.69) is 15.4 Å². The van der Waals surface area contributed by atoms with E-state index in [1.807, 2.05) is 11.9 Å². The number of aromatic nitrogens is 2. The standard InChI is InChI=1S/C9H17N5O/c1-14(4-3-5-15-2)9-6-8(13-10)11-7-12-9/h6-7H,3-5,10H2,1-2H3,(H,11,12,13). The Labute approximate surface area is 89.4 Å². The summed E-state index contributed by atoms with van der Waals surface area (Å²) in [6.45, 7) is 1.63. The molecule has 1 aromatic heterocycles. The molecule has 0 aliphatic heterocycles. The number of anilines is 2. The van der Waals surface area contributed by atoms with Crippen molar-refractivity contribution in [2.75, 3.05) is 37.6 Å². The van der Waals surface area contributed by atoms with Gasteiger partial charge in [0.2, 0.25) is 0 Å². The van der Waals surface area contributed by atoms with Gasteiger partial charge in [0.1, 0.15) is 18.0 Å². The average molecular weight is 211 g/mol. The van der Waals surface area contributed by atoms with Crippen LogP contribution in [0, 0.1) is 0 Å². The van der Waals surface area contributed by atoms with E-state index < -0.39 is 0 Å². The molecule has 3 N–H and O–H groups in total. The highest BCUT2D eigenvalue weighted by Crippen LogP contribution is 2.11. The second kappa shape index (κ2) is 6.15. The van der Waals surface area contributed by atoms with Gasteiger partial charge in [-0.2, -0.15) is 0 Å². The smallest absolute Gasteiger partial charge is 0.145 e. The molecule has 0 radical (unpaired) electrons. The molecule has 0 saturated heterocycles. The van der Waals surface area contributed by atoms with Crippen LogP contribution < -0.4 is 16.2 Å². The number of nitrogen functional groups attached to an aromatic ring is 1. The molecule has 6 heteroatoms. The highest BCUT2D eigenvalue weighted by molar-refractivity contribution is 5.47. The molecule has 0 unspecified atom stereocenters. The minimum Gasteiger partial charge on any atom is -0.385 e. The Morgan fingerprint density at radius 2 is 2.33 bits per heavy atom. The Hall–Kier alpha value is -1.40. The van der Waals surface area contributed by atoms with Crippen molar-refractivity contribution in [3.8, 4) is 0 Å². The molecular weight excluding hydrogens is 194 g/mol. The fourth-order valence-corrected chi connectivity index (χ4v) is 1.20. The third-order valence-corrected chi connectivity index (χ3v) is 2.03. The summed E-state index contributed by atoms with van der Waals surface area (Å²) in [5, 5.41) is 0. The highest BCUT2D eigenvalue weighted by atomic mass is 16.5. The van der Waals surface area contributed by atoms with Crippen molar-refractivity contribution >= 4 is 11.6 Å². The molecule has 0 atom stereocenters. The zero-order valence-corrected chi connectivity index (χ0v) is 9.10. The Bertz CT molecular complexity index is 294. The monoisotopic (exact) mass is 211 g/mol. The second-order valence-electron chi connectivity index (χ2n) is 3.17. The van der Waals surface area contributed by atoms with Crippen LogP contribution in [0.2, 0.25) is 0 Å². The second-order valence-corrected chi connectivity index (χ2v) is 3.17. The fraction of sp³-hybridized carbons (Fsp3) is 0.556. The van der Waals surface area contributed by atoms with Crippen LogP contribution in [0.3, 0.4) is 0 Å². The number of hydrogen-bond acceptors (Lipinski definition) is 6. The van der Waals surface area contributed by atoms with E-state index in [0.717, 1.165) is 25.4 Å². The highest BCUT2D eigenvalue weighted by Gasteiger charge is 2.03. The van der Waals surface area contributed by atoms with E-state index in [1.165, 1.54) is 6.33 Å². The number of nitrogens with two attached hydrogens (primary N) is 1. The van der Waals surface area contributed by atoms with Gasteiger partial charge in [0.05, 0.1) is 0 Å². The van der Waals surface area contributed by atoms with Crippen molar-refractivity contribution < 1.29 is 4.74 Å². The van der Waals surface area contributed by atoms with Gasteiger partial charge in [-0.1, -0.05) is 0 Å². The number of ether oxygens (including phenoxy) is 1. The Kier molecular flexibility index (Phi) is 4.79. The molecule has 1 heterocycles. The lowest BCUT2D eigenvalue weighted by molar-refractivity contribution is 0.196. The van der Waals surface area contributed by atoms with Gasteiger partial charge >= 0.3 is 0 Å². The van der Waals surface area contributed by atoms with E-state index in [9.17, 15) is 0 Å². The molecule has 0 fully saturated rings. The van der Waals surface area contributed by atoms with Crippen LogP contribution in [0.5, 0.6) is 0 Å². The largest absolute Gasteiger partial charge is 0.385 e. The first-order valence-corrected chi connectivity index (χ1v) is 4.76. The van der Waals surface area contributed by atoms with Crippen LogP contribution in [0.25, 0.3) is 0 Å². The van der Waals surface area contributed by atoms with E-state index in [1.54, 1.807) is 13.2 Å². The summed E-state index contributed by atoms with van der Waals surface area (Å²) < 4.78 is 4.98. The summed E-state index contributed by atoms with van der Waals surface area (Å²) in [6, 6.07) is 1.80. The first-order chi connectivity index (χ1) is 7.27. The van der Waals surface area contributed by atoms with Crippen molar-refractivity contribution in [3.63, 3.8) is 0 Å². The van der Waals surface area contributed by atoms with Crippen LogP contribution in [0.4, 0.5) is 11.6 Å². The molecule has 0 amide bonds. The Balaban J connectivity index is 2.52. The first-order valence-electron chi connectivity index (χ1n) is 4.76. The zero-order valence-electron chi connectivity index (χ0n) is 9.10. The van der Waals surface area contributed by atoms with Gasteiger partial charge < -0.3 is 15.1 Å². The lowest BCUT2D eigenvalue weighted by atomic mass is 10.4. The number of rotatable bonds is 6. The summed E-state index contributed by atoms with van der Waals surface area (Å²) in [7, 11) is 3.67. The molecule has 0 spiro atoms. The van der Waals surface area contributed by atoms with Gasteiger partial charge in [-0.25, -0.2) is 15.8 Å². The Morgan fingerprint density at radius 3 is 3.00 bits per heavy atom. The third-order valence-electron chi connectivity index (χ3n) is 2.03. The van der Waals surface area contributed by atoms with Crippen molar-refractivity contribution in [2.45, 2.75) is 6.42 Å². The maximum Gasteiger partial charge on any atom is 0.145 e. The van der Waals surface area contributed by atoms with Gasteiger partial charge in [-0.15, -0.1) is 0 Å². The zero-order chi connectivity index (χ0) is 11.1. The molecule has 15 heavy (non-hydrogen) atoms. The van der Waals surface area contributed by atoms with Crippen molar-refractivity contribution in [2.24, 2.45) is 5.84 Å². The van der Waals surface area contributed by atoms with Gasteiger partial charge in [-0.05, 0) is 6.42 Å². The van der Waals surface area contributed by atoms with E-state index in [-0.39, 0.29) is 0 Å². The normalized spacial score (nSPS) is 10.1. The summed E-state index contributed by atoms with van der Waals surface area (Å²) in [4.78, 5) is 10.1. The van der Waals surface area contributed by atoms with Gasteiger partial charge in [0, 0.05) is 33.4 Å². The van der Waals surface area contributed by atoms with E-state index in [0.29, 0.717) is 5.82 Å². The molecule has 84 valence electrons. The topological polar surface area (TPSA) is 76.3 Å². The van der Waals surface area contributed by atoms with Crippen LogP contribution >= 0.6 is 0 Å². The molecule has 0 aromatic carbocycles. The summed E-state index contributed by atoms with van der Waals surface area (Å²) in [5.74, 6) is 6.71. The molecular formula is C9H17N5O. The molecule has 0 saturated carbocycles. The molecule has 1 aromatic rings. The number of methoxy groups -OCH3 is 1. The Morgan fingerprint density at radius 1 is 1.53 bits per heavy atom. The minimum absolute atomic E-state index is 0.610. The summed E-state index contributed by atoms with van der Waals surface area (Å²) in [6.07, 6.45) is 2.44. The van der Waals surface area contributed by atoms with Crippen LogP contribution in [0.15, 0.2) is 12.4 Å². The molecule has 0 bridgehead atoms. The van der Waals surface area contributed by atoms with Gasteiger partial charge in [-0.3, -0.25) is 0 Å². The van der Waals surface area contributed by atoms with Crippen molar-refractivity contribution in [3.05, 3.63) is 12.4 Å². The number of hydrazine groups is 1. The summed E-state index contributed by atoms with van der Waals surface area (Å²) >= 11 is 0. The maximum atomic E-state index is 5.26. The number of nitrogens with one attached hydrogen (secondary N) is 1. The molecule has 0 aliphatic carbocycles. The van der Waals surface area contributed by atoms with Crippen molar-refractivity contribution in [1.82, 2.24) is 9.97 Å². The van der Waals surface area contributed by atoms with Crippen LogP contribution in [-0.4, -0.2) is 37.3 Å². The maximum absolute atomic E-state index is 5.26. The third kappa shape index (κ3) is 3.69. The SMILES string of the molecule is COCCCN(C)c1cc(NN)ncn1. The quantitative estimate of drug-likeness (QED) is 0.398. The van der Waals surface area contributed by atoms with Crippen LogP contribution in [-0.2, 0) is 4.74 Å². The van der Waals surface area contributed by atoms with Crippen LogP contribution in [0.1, 0.15) is 6.42 Å². The predicted molar refractivity (Wildman–Crippen MR) is 59.6 cm³/mol. The molecule has 1 rings (SSSR count). The fourth-order valence-electron chi connectivity index (χ4n) is 1.20. The van der Waals surface area contributed by atoms with Crippen molar-refractivity contribution in [1.29, 1.82) is 0 Å². The summed E-state index contributed by atoms with van der Waals surface area (Å²) in [5.41, 5.74) is 2.49. The molecule has 0 aliphatic rings. The first kappa shape index (κ1) is 11.7. The van der Waals surface area contributed by atoms with E-state index in [4.69, 9.17) is 10.6 Å². The van der Waals surface area contributed by atoms with Gasteiger partial charge in [0.15, 0.2) is 0 Å². The van der Waals surface area contributed by atoms with E-state index >= 15 is 0 Å². The predicted octanol–water partition coefficient (Wildman–Crippen LogP) is 0.235. The number of nitrogens with zero attached hydrogens (tertiary/aromatic N) is 3. The molecule has 6 nitrogen and oxygen atoms in total. The minimum atomic E-state index is 0.610. The van der Waals surface area contributed by atoms with Gasteiger partial charge in [0.25, 0.3) is 0 Å². The average Bonchev–Trinajstić information content (AvgIpc) is 2.29.